The number of nitrogens with zero attached hydrogens (tertiary/aromatic N) is 1. The van der Waals surface area contributed by atoms with Crippen LogP contribution in [-0.4, -0.2) is 19.6 Å². The third kappa shape index (κ3) is 5.49. The minimum Gasteiger partial charge on any atom is -0.372 e. The third-order valence-corrected chi connectivity index (χ3v) is 4.04. The van der Waals surface area contributed by atoms with E-state index in [0.29, 0.717) is 11.8 Å². The van der Waals surface area contributed by atoms with E-state index >= 15 is 0 Å². The van der Waals surface area contributed by atoms with Crippen molar-refractivity contribution in [1.29, 1.82) is 0 Å². The van der Waals surface area contributed by atoms with Crippen LogP contribution in [0.4, 0.5) is 10.1 Å². The van der Waals surface area contributed by atoms with Crippen LogP contribution in [0.15, 0.2) is 24.3 Å². The third-order valence-electron chi connectivity index (χ3n) is 4.04. The van der Waals surface area contributed by atoms with Crippen molar-refractivity contribution in [2.24, 2.45) is 17.6 Å². The first-order valence-electron chi connectivity index (χ1n) is 7.79. The van der Waals surface area contributed by atoms with Crippen LogP contribution in [0.25, 0.3) is 0 Å². The van der Waals surface area contributed by atoms with Crippen LogP contribution in [-0.2, 0) is 0 Å². The monoisotopic (exact) mass is 280 g/mol. The van der Waals surface area contributed by atoms with E-state index in [1.807, 2.05) is 6.07 Å². The molecule has 0 saturated heterocycles. The molecule has 114 valence electrons. The maximum Gasteiger partial charge on any atom is 0.125 e. The predicted octanol–water partition coefficient (Wildman–Crippen LogP) is 4.05. The highest BCUT2D eigenvalue weighted by atomic mass is 19.1. The summed E-state index contributed by atoms with van der Waals surface area (Å²) in [6.07, 6.45) is 3.43. The van der Waals surface area contributed by atoms with Crippen LogP contribution in [0, 0.1) is 17.7 Å². The van der Waals surface area contributed by atoms with Gasteiger partial charge < -0.3 is 10.6 Å². The van der Waals surface area contributed by atoms with Gasteiger partial charge in [-0.3, -0.25) is 0 Å². The molecule has 0 amide bonds. The average molecular weight is 280 g/mol. The Hall–Kier alpha value is -1.09. The van der Waals surface area contributed by atoms with E-state index in [4.69, 9.17) is 5.73 Å². The molecule has 3 heteroatoms. The first-order valence-corrected chi connectivity index (χ1v) is 7.79. The van der Waals surface area contributed by atoms with Gasteiger partial charge in [0.25, 0.3) is 0 Å². The van der Waals surface area contributed by atoms with Crippen LogP contribution in [0.5, 0.6) is 0 Å². The van der Waals surface area contributed by atoms with Crippen molar-refractivity contribution in [3.63, 3.8) is 0 Å². The summed E-state index contributed by atoms with van der Waals surface area (Å²) in [5, 5.41) is 0. The summed E-state index contributed by atoms with van der Waals surface area (Å²) in [6, 6.07) is 6.86. The van der Waals surface area contributed by atoms with Gasteiger partial charge >= 0.3 is 0 Å². The summed E-state index contributed by atoms with van der Waals surface area (Å²) in [7, 11) is 0. The SMILES string of the molecule is CCN(CCCC(CCN)C(C)C)c1cccc(F)c1. The molecule has 1 unspecified atom stereocenters. The smallest absolute Gasteiger partial charge is 0.125 e. The van der Waals surface area contributed by atoms with Gasteiger partial charge in [0, 0.05) is 18.8 Å². The summed E-state index contributed by atoms with van der Waals surface area (Å²) >= 11 is 0. The van der Waals surface area contributed by atoms with Gasteiger partial charge in [-0.15, -0.1) is 0 Å². The lowest BCUT2D eigenvalue weighted by Crippen LogP contribution is -2.25. The fourth-order valence-electron chi connectivity index (χ4n) is 2.71. The maximum absolute atomic E-state index is 13.3. The molecular formula is C17H29FN2. The van der Waals surface area contributed by atoms with E-state index in [0.717, 1.165) is 38.2 Å². The van der Waals surface area contributed by atoms with Crippen LogP contribution in [0.2, 0.25) is 0 Å². The molecule has 1 aromatic rings. The highest BCUT2D eigenvalue weighted by Crippen LogP contribution is 2.22. The summed E-state index contributed by atoms with van der Waals surface area (Å²) < 4.78 is 13.3. The van der Waals surface area contributed by atoms with Gasteiger partial charge in [0.2, 0.25) is 0 Å². The Bertz CT molecular complexity index is 379. The lowest BCUT2D eigenvalue weighted by molar-refractivity contribution is 0.334. The second-order valence-corrected chi connectivity index (χ2v) is 5.78. The fourth-order valence-corrected chi connectivity index (χ4v) is 2.71. The molecule has 0 bridgehead atoms. The van der Waals surface area contributed by atoms with Crippen LogP contribution >= 0.6 is 0 Å². The van der Waals surface area contributed by atoms with E-state index < -0.39 is 0 Å². The van der Waals surface area contributed by atoms with Gasteiger partial charge in [0.1, 0.15) is 5.82 Å². The molecule has 0 aliphatic rings. The van der Waals surface area contributed by atoms with Gasteiger partial charge in [0.15, 0.2) is 0 Å². The number of anilines is 1. The first-order chi connectivity index (χ1) is 9.58. The zero-order chi connectivity index (χ0) is 15.0. The molecule has 0 saturated carbocycles. The molecule has 2 N–H and O–H groups in total. The Labute approximate surface area is 123 Å². The van der Waals surface area contributed by atoms with Crippen molar-refractivity contribution in [3.05, 3.63) is 30.1 Å². The fraction of sp³-hybridized carbons (Fsp3) is 0.647. The first kappa shape index (κ1) is 17.0. The molecule has 0 fully saturated rings. The van der Waals surface area contributed by atoms with E-state index in [9.17, 15) is 4.39 Å². The standard InChI is InChI=1S/C17H29FN2/c1-4-20(17-9-5-8-16(18)13-17)12-6-7-15(10-11-19)14(2)3/h5,8-9,13-15H,4,6-7,10-12,19H2,1-3H3. The number of hydrogen-bond acceptors (Lipinski definition) is 2. The van der Waals surface area contributed by atoms with Crippen molar-refractivity contribution in [2.75, 3.05) is 24.5 Å². The van der Waals surface area contributed by atoms with Crippen molar-refractivity contribution in [1.82, 2.24) is 0 Å². The molecule has 0 heterocycles. The average Bonchev–Trinajstić information content (AvgIpc) is 2.42. The Kier molecular flexibility index (Phi) is 7.60. The number of rotatable bonds is 9. The van der Waals surface area contributed by atoms with Crippen molar-refractivity contribution >= 4 is 5.69 Å². The number of benzene rings is 1. The van der Waals surface area contributed by atoms with Crippen LogP contribution in [0.1, 0.15) is 40.0 Å². The highest BCUT2D eigenvalue weighted by molar-refractivity contribution is 5.46. The lowest BCUT2D eigenvalue weighted by atomic mass is 9.88. The van der Waals surface area contributed by atoms with Gasteiger partial charge in [-0.25, -0.2) is 4.39 Å². The minimum absolute atomic E-state index is 0.163. The van der Waals surface area contributed by atoms with Gasteiger partial charge in [-0.1, -0.05) is 19.9 Å². The highest BCUT2D eigenvalue weighted by Gasteiger charge is 2.13. The Morgan fingerprint density at radius 3 is 2.55 bits per heavy atom. The van der Waals surface area contributed by atoms with E-state index in [1.54, 1.807) is 12.1 Å². The van der Waals surface area contributed by atoms with Crippen LogP contribution in [0.3, 0.4) is 0 Å². The summed E-state index contributed by atoms with van der Waals surface area (Å²) in [4.78, 5) is 2.24. The normalized spacial score (nSPS) is 12.7. The van der Waals surface area contributed by atoms with Crippen molar-refractivity contribution in [3.8, 4) is 0 Å². The van der Waals surface area contributed by atoms with Crippen molar-refractivity contribution in [2.45, 2.75) is 40.0 Å². The quantitative estimate of drug-likeness (QED) is 0.739. The topological polar surface area (TPSA) is 29.3 Å². The zero-order valence-electron chi connectivity index (χ0n) is 13.1. The molecular weight excluding hydrogens is 251 g/mol. The molecule has 20 heavy (non-hydrogen) atoms. The van der Waals surface area contributed by atoms with Crippen molar-refractivity contribution < 1.29 is 4.39 Å². The van der Waals surface area contributed by atoms with Crippen LogP contribution < -0.4 is 10.6 Å². The molecule has 0 radical (unpaired) electrons. The van der Waals surface area contributed by atoms with Gasteiger partial charge in [0.05, 0.1) is 0 Å². The number of nitrogens with two attached hydrogens (primary N) is 1. The number of halogens is 1. The Balaban J connectivity index is 2.49. The molecule has 1 aromatic carbocycles. The summed E-state index contributed by atoms with van der Waals surface area (Å²) in [6.45, 7) is 9.31. The predicted molar refractivity (Wildman–Crippen MR) is 85.5 cm³/mol. The summed E-state index contributed by atoms with van der Waals surface area (Å²) in [5.41, 5.74) is 6.66. The largest absolute Gasteiger partial charge is 0.372 e. The van der Waals surface area contributed by atoms with E-state index in [1.165, 1.54) is 12.5 Å². The van der Waals surface area contributed by atoms with Gasteiger partial charge in [-0.2, -0.15) is 0 Å². The van der Waals surface area contributed by atoms with E-state index in [2.05, 4.69) is 25.7 Å². The zero-order valence-corrected chi connectivity index (χ0v) is 13.1. The number of hydrogen-bond donors (Lipinski definition) is 1. The molecule has 0 aromatic heterocycles. The molecule has 0 aliphatic carbocycles. The minimum atomic E-state index is -0.163. The molecule has 1 rings (SSSR count). The summed E-state index contributed by atoms with van der Waals surface area (Å²) in [5.74, 6) is 1.22. The van der Waals surface area contributed by atoms with E-state index in [-0.39, 0.29) is 5.82 Å². The molecule has 0 aliphatic heterocycles. The maximum atomic E-state index is 13.3. The molecule has 1 atom stereocenters. The lowest BCUT2D eigenvalue weighted by Gasteiger charge is -2.25. The Morgan fingerprint density at radius 1 is 1.25 bits per heavy atom. The molecule has 0 spiro atoms. The Morgan fingerprint density at radius 2 is 2.00 bits per heavy atom. The second kappa shape index (κ2) is 8.96. The van der Waals surface area contributed by atoms with Gasteiger partial charge in [-0.05, 0) is 62.8 Å². The second-order valence-electron chi connectivity index (χ2n) is 5.78. The molecule has 2 nitrogen and oxygen atoms in total.